The summed E-state index contributed by atoms with van der Waals surface area (Å²) in [5.41, 5.74) is 0. The Labute approximate surface area is 519 Å². The zero-order chi connectivity index (χ0) is 60.7. The van der Waals surface area contributed by atoms with Crippen LogP contribution in [0.2, 0.25) is 0 Å². The van der Waals surface area contributed by atoms with E-state index >= 15 is 0 Å². The summed E-state index contributed by atoms with van der Waals surface area (Å²) in [6.45, 7) is 3.71. The molecule has 6 N–H and O–H groups in total. The van der Waals surface area contributed by atoms with Gasteiger partial charge in [0.25, 0.3) is 0 Å². The van der Waals surface area contributed by atoms with Crippen LogP contribution in [0.5, 0.6) is 0 Å². The molecular weight excluding hydrogens is 1040 g/mol. The summed E-state index contributed by atoms with van der Waals surface area (Å²) in [7, 11) is 0. The number of ether oxygens (including phenoxy) is 2. The SMILES string of the molecule is CC/C=C\C/C=C\C/C=C\C/C=C\CCCCCCCCCCCCCCCCCCCCCCCCCCCCCCC(=O)NC(COC1OC(CO)C(O)C(O)C1O)C(O)/C=C/CCCCCCCCCCCCCCCCCCCC. The topological polar surface area (TPSA) is 149 Å². The Morgan fingerprint density at radius 3 is 1.10 bits per heavy atom. The molecule has 0 radical (unpaired) electrons. The standard InChI is InChI=1S/C75H139NO8/c1-3-5-7-9-11-13-15-17-19-21-23-25-26-27-28-29-30-31-32-33-34-35-36-37-38-39-40-41-42-43-44-45-47-49-51-53-55-57-59-61-63-65-71(79)76-68(67-83-75-74(82)73(81)72(80)70(66-77)84-75)69(78)64-62-60-58-56-54-52-50-48-46-24-22-20-18-16-14-12-10-8-6-4-2/h5,7,11,13,17,19,23,25,62,64,68-70,72-75,77-78,80-82H,3-4,6,8-10,12,14-16,18,20-22,24,26-61,63,65-67H2,1-2H3,(H,76,79)/b7-5-,13-11-,19-17-,25-23-,64-62+. The molecule has 0 aromatic carbocycles. The van der Waals surface area contributed by atoms with E-state index in [9.17, 15) is 30.3 Å². The van der Waals surface area contributed by atoms with Crippen molar-refractivity contribution in [2.24, 2.45) is 0 Å². The van der Waals surface area contributed by atoms with Crippen molar-refractivity contribution in [3.8, 4) is 0 Å². The molecule has 0 aliphatic carbocycles. The monoisotopic (exact) mass is 1180 g/mol. The molecule has 0 aromatic rings. The fourth-order valence-electron chi connectivity index (χ4n) is 11.7. The molecule has 1 fully saturated rings. The average Bonchev–Trinajstić information content (AvgIpc) is 3.70. The number of unbranched alkanes of at least 4 members (excludes halogenated alkanes) is 46. The van der Waals surface area contributed by atoms with Gasteiger partial charge in [-0.3, -0.25) is 4.79 Å². The van der Waals surface area contributed by atoms with E-state index in [1.165, 1.54) is 270 Å². The van der Waals surface area contributed by atoms with Gasteiger partial charge in [0.2, 0.25) is 5.91 Å². The van der Waals surface area contributed by atoms with Crippen molar-refractivity contribution in [3.63, 3.8) is 0 Å². The highest BCUT2D eigenvalue weighted by Crippen LogP contribution is 2.24. The van der Waals surface area contributed by atoms with Gasteiger partial charge in [0.05, 0.1) is 25.4 Å². The predicted molar refractivity (Wildman–Crippen MR) is 359 cm³/mol. The Balaban J connectivity index is 2.04. The van der Waals surface area contributed by atoms with Crippen molar-refractivity contribution in [3.05, 3.63) is 60.8 Å². The summed E-state index contributed by atoms with van der Waals surface area (Å²) >= 11 is 0. The number of carbonyl (C=O) groups excluding carboxylic acids is 1. The molecule has 1 rings (SSSR count). The van der Waals surface area contributed by atoms with Gasteiger partial charge in [0.15, 0.2) is 6.29 Å². The van der Waals surface area contributed by atoms with Crippen molar-refractivity contribution < 1.29 is 39.8 Å². The predicted octanol–water partition coefficient (Wildman–Crippen LogP) is 20.1. The molecule has 0 bridgehead atoms. The van der Waals surface area contributed by atoms with Crippen LogP contribution < -0.4 is 5.32 Å². The summed E-state index contributed by atoms with van der Waals surface area (Å²) in [5.74, 6) is -0.170. The largest absolute Gasteiger partial charge is 0.394 e. The Kier molecular flexibility index (Phi) is 60.8. The second kappa shape index (κ2) is 63.9. The molecule has 9 nitrogen and oxygen atoms in total. The summed E-state index contributed by atoms with van der Waals surface area (Å²) in [4.78, 5) is 13.1. The van der Waals surface area contributed by atoms with E-state index in [-0.39, 0.29) is 12.5 Å². The number of amides is 1. The van der Waals surface area contributed by atoms with Gasteiger partial charge in [0, 0.05) is 6.42 Å². The lowest BCUT2D eigenvalue weighted by molar-refractivity contribution is -0.302. The molecule has 0 saturated carbocycles. The molecule has 492 valence electrons. The van der Waals surface area contributed by atoms with Crippen LogP contribution in [0.1, 0.15) is 354 Å². The minimum Gasteiger partial charge on any atom is -0.394 e. The summed E-state index contributed by atoms with van der Waals surface area (Å²) in [5, 5.41) is 54.7. The number of carbonyl (C=O) groups is 1. The highest BCUT2D eigenvalue weighted by atomic mass is 16.7. The molecule has 7 atom stereocenters. The Morgan fingerprint density at radius 2 is 0.738 bits per heavy atom. The van der Waals surface area contributed by atoms with Gasteiger partial charge in [-0.25, -0.2) is 0 Å². The number of aliphatic hydroxyl groups excluding tert-OH is 5. The first kappa shape index (κ1) is 79.9. The van der Waals surface area contributed by atoms with Crippen molar-refractivity contribution in [2.75, 3.05) is 13.2 Å². The van der Waals surface area contributed by atoms with Gasteiger partial charge in [-0.15, -0.1) is 0 Å². The number of hydrogen-bond donors (Lipinski definition) is 6. The summed E-state index contributed by atoms with van der Waals surface area (Å²) in [6.07, 6.45) is 82.1. The third-order valence-electron chi connectivity index (χ3n) is 17.3. The van der Waals surface area contributed by atoms with Crippen LogP contribution in [0.15, 0.2) is 60.8 Å². The summed E-state index contributed by atoms with van der Waals surface area (Å²) in [6, 6.07) is -0.805. The lowest BCUT2D eigenvalue weighted by Crippen LogP contribution is -2.60. The first-order valence-electron chi connectivity index (χ1n) is 36.5. The van der Waals surface area contributed by atoms with Gasteiger partial charge in [0.1, 0.15) is 24.4 Å². The highest BCUT2D eigenvalue weighted by molar-refractivity contribution is 5.76. The van der Waals surface area contributed by atoms with Crippen LogP contribution in [-0.2, 0) is 14.3 Å². The van der Waals surface area contributed by atoms with Crippen LogP contribution in [-0.4, -0.2) is 87.5 Å². The van der Waals surface area contributed by atoms with Crippen molar-refractivity contribution in [2.45, 2.75) is 397 Å². The van der Waals surface area contributed by atoms with E-state index in [2.05, 4.69) is 67.8 Å². The normalized spacial score (nSPS) is 18.5. The molecule has 1 heterocycles. The molecule has 1 aliphatic rings. The minimum absolute atomic E-state index is 0.170. The first-order chi connectivity index (χ1) is 41.3. The maximum atomic E-state index is 13.1. The lowest BCUT2D eigenvalue weighted by Gasteiger charge is -2.40. The quantitative estimate of drug-likeness (QED) is 0.0261. The molecule has 1 saturated heterocycles. The molecule has 7 unspecified atom stereocenters. The zero-order valence-corrected chi connectivity index (χ0v) is 55.2. The number of rotatable bonds is 64. The lowest BCUT2D eigenvalue weighted by atomic mass is 9.99. The minimum atomic E-state index is -1.57. The maximum absolute atomic E-state index is 13.1. The fraction of sp³-hybridized carbons (Fsp3) is 0.853. The first-order valence-corrected chi connectivity index (χ1v) is 36.5. The number of nitrogens with one attached hydrogen (secondary N) is 1. The second-order valence-electron chi connectivity index (χ2n) is 25.4. The number of hydrogen-bond acceptors (Lipinski definition) is 8. The zero-order valence-electron chi connectivity index (χ0n) is 55.2. The van der Waals surface area contributed by atoms with Gasteiger partial charge < -0.3 is 40.3 Å². The second-order valence-corrected chi connectivity index (χ2v) is 25.4. The molecule has 0 aromatic heterocycles. The smallest absolute Gasteiger partial charge is 0.220 e. The molecule has 1 aliphatic heterocycles. The Morgan fingerprint density at radius 1 is 0.417 bits per heavy atom. The van der Waals surface area contributed by atoms with E-state index in [4.69, 9.17) is 9.47 Å². The van der Waals surface area contributed by atoms with Crippen LogP contribution in [0.25, 0.3) is 0 Å². The van der Waals surface area contributed by atoms with E-state index < -0.39 is 49.5 Å². The average molecular weight is 1180 g/mol. The van der Waals surface area contributed by atoms with Crippen LogP contribution in [0, 0.1) is 0 Å². The highest BCUT2D eigenvalue weighted by Gasteiger charge is 2.44. The van der Waals surface area contributed by atoms with E-state index in [0.29, 0.717) is 6.42 Å². The molecule has 9 heteroatoms. The molecular formula is C75H139NO8. The van der Waals surface area contributed by atoms with Crippen molar-refractivity contribution >= 4 is 5.91 Å². The van der Waals surface area contributed by atoms with Crippen LogP contribution >= 0.6 is 0 Å². The van der Waals surface area contributed by atoms with Gasteiger partial charge in [-0.05, 0) is 57.8 Å². The summed E-state index contributed by atoms with van der Waals surface area (Å²) < 4.78 is 11.3. The van der Waals surface area contributed by atoms with Gasteiger partial charge >= 0.3 is 0 Å². The molecule has 84 heavy (non-hydrogen) atoms. The molecule has 0 spiro atoms. The van der Waals surface area contributed by atoms with Crippen molar-refractivity contribution in [1.82, 2.24) is 5.32 Å². The number of aliphatic hydroxyl groups is 5. The molecule has 1 amide bonds. The van der Waals surface area contributed by atoms with Gasteiger partial charge in [-0.2, -0.15) is 0 Å². The van der Waals surface area contributed by atoms with Crippen LogP contribution in [0.3, 0.4) is 0 Å². The Bertz CT molecular complexity index is 1510. The van der Waals surface area contributed by atoms with Gasteiger partial charge in [-0.1, -0.05) is 351 Å². The third-order valence-corrected chi connectivity index (χ3v) is 17.3. The van der Waals surface area contributed by atoms with Crippen molar-refractivity contribution in [1.29, 1.82) is 0 Å². The maximum Gasteiger partial charge on any atom is 0.220 e. The third kappa shape index (κ3) is 51.9. The van der Waals surface area contributed by atoms with Crippen LogP contribution in [0.4, 0.5) is 0 Å². The number of allylic oxidation sites excluding steroid dienone is 9. The van der Waals surface area contributed by atoms with E-state index in [1.54, 1.807) is 6.08 Å². The van der Waals surface area contributed by atoms with E-state index in [0.717, 1.165) is 64.2 Å². The Hall–Kier alpha value is -2.11. The fourth-order valence-corrected chi connectivity index (χ4v) is 11.7. The van der Waals surface area contributed by atoms with E-state index in [1.807, 2.05) is 6.08 Å².